The normalized spacial score (nSPS) is 15.5. The van der Waals surface area contributed by atoms with Crippen molar-refractivity contribution in [2.45, 2.75) is 19.3 Å². The van der Waals surface area contributed by atoms with E-state index in [0.29, 0.717) is 12.0 Å². The Morgan fingerprint density at radius 3 is 2.38 bits per heavy atom. The van der Waals surface area contributed by atoms with Gasteiger partial charge in [0.15, 0.2) is 11.2 Å². The second-order valence-corrected chi connectivity index (χ2v) is 7.70. The van der Waals surface area contributed by atoms with Gasteiger partial charge in [-0.1, -0.05) is 42.5 Å². The summed E-state index contributed by atoms with van der Waals surface area (Å²) in [5, 5.41) is 1.72. The predicted molar refractivity (Wildman–Crippen MR) is 114 cm³/mol. The fourth-order valence-corrected chi connectivity index (χ4v) is 4.11. The van der Waals surface area contributed by atoms with Gasteiger partial charge in [-0.05, 0) is 62.0 Å². The van der Waals surface area contributed by atoms with Crippen LogP contribution in [0.25, 0.3) is 10.8 Å². The van der Waals surface area contributed by atoms with E-state index in [-0.39, 0.29) is 22.9 Å². The van der Waals surface area contributed by atoms with Crippen LogP contribution in [-0.4, -0.2) is 30.3 Å². The molecule has 4 heteroatoms. The van der Waals surface area contributed by atoms with E-state index in [2.05, 4.69) is 4.90 Å². The lowest BCUT2D eigenvalue weighted by Crippen LogP contribution is -2.37. The van der Waals surface area contributed by atoms with Gasteiger partial charge in [0.05, 0.1) is 0 Å². The number of rotatable bonds is 5. The molecule has 0 aromatic heterocycles. The number of Topliss-reactive ketones (excluding diaryl/α,β-unsaturated/α-hetero) is 1. The monoisotopic (exact) mass is 389 g/mol. The van der Waals surface area contributed by atoms with Gasteiger partial charge in [0, 0.05) is 29.0 Å². The number of carbonyl (C=O) groups excluding carboxylic acids is 1. The maximum Gasteiger partial charge on any atom is 0.189 e. The molecule has 0 radical (unpaired) electrons. The third-order valence-corrected chi connectivity index (χ3v) is 5.85. The number of carbonyl (C=O) groups is 1. The van der Waals surface area contributed by atoms with Crippen LogP contribution in [0.4, 0.5) is 4.39 Å². The highest BCUT2D eigenvalue weighted by molar-refractivity contribution is 5.97. The van der Waals surface area contributed by atoms with Crippen LogP contribution in [0.2, 0.25) is 0 Å². The van der Waals surface area contributed by atoms with E-state index < -0.39 is 0 Å². The Morgan fingerprint density at radius 2 is 1.62 bits per heavy atom. The minimum absolute atomic E-state index is 0.00903. The first kappa shape index (κ1) is 19.5. The van der Waals surface area contributed by atoms with Gasteiger partial charge in [-0.3, -0.25) is 9.59 Å². The summed E-state index contributed by atoms with van der Waals surface area (Å²) in [7, 11) is 0. The maximum absolute atomic E-state index is 13.1. The van der Waals surface area contributed by atoms with Crippen LogP contribution in [0.1, 0.15) is 28.8 Å². The molecule has 3 aromatic rings. The van der Waals surface area contributed by atoms with E-state index in [1.807, 2.05) is 42.5 Å². The van der Waals surface area contributed by atoms with E-state index in [9.17, 15) is 14.0 Å². The molecule has 1 fully saturated rings. The average Bonchev–Trinajstić information content (AvgIpc) is 2.92. The fourth-order valence-electron chi connectivity index (χ4n) is 4.11. The molecule has 0 amide bonds. The van der Waals surface area contributed by atoms with Crippen molar-refractivity contribution >= 4 is 16.6 Å². The number of nitrogens with zero attached hydrogens (tertiary/aromatic N) is 1. The summed E-state index contributed by atoms with van der Waals surface area (Å²) in [5.74, 6) is -0.227. The minimum atomic E-state index is -0.323. The second-order valence-electron chi connectivity index (χ2n) is 7.70. The van der Waals surface area contributed by atoms with Gasteiger partial charge in [-0.25, -0.2) is 4.39 Å². The number of halogens is 1. The van der Waals surface area contributed by atoms with Crippen LogP contribution >= 0.6 is 0 Å². The lowest BCUT2D eigenvalue weighted by Gasteiger charge is -2.31. The maximum atomic E-state index is 13.1. The SMILES string of the molecule is O=C(c1ccc(F)cc1)C1CCN(CCc2cccc3ccccc3c2=O)CC1. The second kappa shape index (κ2) is 8.66. The Hall–Kier alpha value is -2.85. The van der Waals surface area contributed by atoms with Gasteiger partial charge < -0.3 is 4.90 Å². The summed E-state index contributed by atoms with van der Waals surface area (Å²) in [4.78, 5) is 27.8. The van der Waals surface area contributed by atoms with Gasteiger partial charge in [-0.2, -0.15) is 0 Å². The predicted octanol–water partition coefficient (Wildman–Crippen LogP) is 4.48. The Labute approximate surface area is 169 Å². The Balaban J connectivity index is 1.36. The van der Waals surface area contributed by atoms with Gasteiger partial charge in [0.2, 0.25) is 0 Å². The van der Waals surface area contributed by atoms with Crippen molar-refractivity contribution in [2.24, 2.45) is 5.92 Å². The van der Waals surface area contributed by atoms with Gasteiger partial charge in [-0.15, -0.1) is 0 Å². The van der Waals surface area contributed by atoms with E-state index in [4.69, 9.17) is 0 Å². The fraction of sp³-hybridized carbons (Fsp3) is 0.280. The third kappa shape index (κ3) is 4.43. The topological polar surface area (TPSA) is 37.4 Å². The number of piperidine rings is 1. The highest BCUT2D eigenvalue weighted by atomic mass is 19.1. The van der Waals surface area contributed by atoms with Crippen LogP contribution in [0.3, 0.4) is 0 Å². The molecule has 3 nitrogen and oxygen atoms in total. The summed E-state index contributed by atoms with van der Waals surface area (Å²) in [6, 6.07) is 19.4. The first-order chi connectivity index (χ1) is 14.1. The van der Waals surface area contributed by atoms with Crippen molar-refractivity contribution in [3.63, 3.8) is 0 Å². The van der Waals surface area contributed by atoms with Crippen molar-refractivity contribution in [1.29, 1.82) is 0 Å². The van der Waals surface area contributed by atoms with Gasteiger partial charge >= 0.3 is 0 Å². The van der Waals surface area contributed by atoms with Crippen molar-refractivity contribution in [3.05, 3.63) is 93.9 Å². The number of hydrogen-bond acceptors (Lipinski definition) is 3. The molecule has 0 N–H and O–H groups in total. The molecule has 4 rings (SSSR count). The number of ketones is 1. The number of likely N-dealkylation sites (tertiary alicyclic amines) is 1. The molecule has 1 heterocycles. The molecule has 3 aromatic carbocycles. The lowest BCUT2D eigenvalue weighted by molar-refractivity contribution is 0.0841. The zero-order chi connectivity index (χ0) is 20.2. The number of fused-ring (bicyclic) bond motifs is 1. The molecule has 0 spiro atoms. The summed E-state index contributed by atoms with van der Waals surface area (Å²) in [5.41, 5.74) is 1.52. The van der Waals surface area contributed by atoms with E-state index in [0.717, 1.165) is 48.8 Å². The Morgan fingerprint density at radius 1 is 0.931 bits per heavy atom. The van der Waals surface area contributed by atoms with Crippen molar-refractivity contribution in [3.8, 4) is 0 Å². The summed E-state index contributed by atoms with van der Waals surface area (Å²) in [6.07, 6.45) is 2.30. The smallest absolute Gasteiger partial charge is 0.189 e. The van der Waals surface area contributed by atoms with Crippen molar-refractivity contribution < 1.29 is 9.18 Å². The number of benzene rings is 2. The van der Waals surface area contributed by atoms with E-state index >= 15 is 0 Å². The molecule has 148 valence electrons. The van der Waals surface area contributed by atoms with Crippen LogP contribution < -0.4 is 5.43 Å². The van der Waals surface area contributed by atoms with Crippen molar-refractivity contribution in [1.82, 2.24) is 4.90 Å². The molecule has 1 aliphatic rings. The molecule has 1 aliphatic heterocycles. The molecule has 1 saturated heterocycles. The first-order valence-electron chi connectivity index (χ1n) is 10.1. The van der Waals surface area contributed by atoms with E-state index in [1.165, 1.54) is 12.1 Å². The number of hydrogen-bond donors (Lipinski definition) is 0. The van der Waals surface area contributed by atoms with Crippen LogP contribution in [-0.2, 0) is 6.42 Å². The molecular formula is C25H24FNO2. The summed E-state index contributed by atoms with van der Waals surface area (Å²) in [6.45, 7) is 2.49. The zero-order valence-electron chi connectivity index (χ0n) is 16.3. The zero-order valence-corrected chi connectivity index (χ0v) is 16.3. The third-order valence-electron chi connectivity index (χ3n) is 5.85. The standard InChI is InChI=1S/C25H24FNO2/c26-22-10-8-20(9-11-22)24(28)21-13-16-27(17-14-21)15-12-19-6-3-5-18-4-1-2-7-23(18)25(19)29/h1-11,21H,12-17H2. The van der Waals surface area contributed by atoms with E-state index in [1.54, 1.807) is 12.1 Å². The lowest BCUT2D eigenvalue weighted by atomic mass is 9.89. The highest BCUT2D eigenvalue weighted by Gasteiger charge is 2.25. The Kier molecular flexibility index (Phi) is 5.81. The first-order valence-corrected chi connectivity index (χ1v) is 10.1. The molecule has 0 saturated carbocycles. The molecule has 0 unspecified atom stereocenters. The summed E-state index contributed by atoms with van der Waals surface area (Å²) >= 11 is 0. The van der Waals surface area contributed by atoms with Crippen LogP contribution in [0.15, 0.2) is 71.5 Å². The average molecular weight is 389 g/mol. The minimum Gasteiger partial charge on any atom is -0.303 e. The highest BCUT2D eigenvalue weighted by Crippen LogP contribution is 2.22. The van der Waals surface area contributed by atoms with Gasteiger partial charge in [0.25, 0.3) is 0 Å². The largest absolute Gasteiger partial charge is 0.303 e. The van der Waals surface area contributed by atoms with Crippen LogP contribution in [0.5, 0.6) is 0 Å². The molecule has 29 heavy (non-hydrogen) atoms. The summed E-state index contributed by atoms with van der Waals surface area (Å²) < 4.78 is 13.1. The Bertz CT molecular complexity index is 1070. The molecule has 0 aliphatic carbocycles. The molecule has 0 atom stereocenters. The molecule has 0 bridgehead atoms. The quantitative estimate of drug-likeness (QED) is 0.604. The van der Waals surface area contributed by atoms with Crippen molar-refractivity contribution in [2.75, 3.05) is 19.6 Å². The molecular weight excluding hydrogens is 365 g/mol. The van der Waals surface area contributed by atoms with Gasteiger partial charge in [0.1, 0.15) is 5.82 Å². The van der Waals surface area contributed by atoms with Crippen LogP contribution in [0, 0.1) is 11.7 Å².